The molecule has 2 aromatic carbocycles. The number of carbonyl (C=O) groups is 1. The lowest BCUT2D eigenvalue weighted by molar-refractivity contribution is 0.102. The van der Waals surface area contributed by atoms with E-state index in [9.17, 15) is 13.2 Å². The summed E-state index contributed by atoms with van der Waals surface area (Å²) in [7, 11) is -0.631. The zero-order chi connectivity index (χ0) is 20.3. The van der Waals surface area contributed by atoms with Gasteiger partial charge < -0.3 is 9.88 Å². The van der Waals surface area contributed by atoms with Crippen molar-refractivity contribution < 1.29 is 13.2 Å². The number of anilines is 1. The third-order valence-electron chi connectivity index (χ3n) is 4.35. The lowest BCUT2D eigenvalue weighted by Crippen LogP contribution is -2.23. The van der Waals surface area contributed by atoms with Gasteiger partial charge in [0.2, 0.25) is 10.0 Å². The van der Waals surface area contributed by atoms with Crippen LogP contribution >= 0.6 is 0 Å². The molecule has 0 aliphatic carbocycles. The van der Waals surface area contributed by atoms with E-state index in [0.717, 1.165) is 9.87 Å². The number of nitrogens with one attached hydrogen (secondary N) is 1. The molecule has 0 unspecified atom stereocenters. The van der Waals surface area contributed by atoms with E-state index >= 15 is 0 Å². The van der Waals surface area contributed by atoms with Gasteiger partial charge in [-0.2, -0.15) is 0 Å². The Bertz CT molecular complexity index is 1070. The van der Waals surface area contributed by atoms with E-state index < -0.39 is 10.0 Å². The number of nitrogens with zero attached hydrogens (tertiary/aromatic N) is 3. The SMILES string of the molecule is Cc1ccc(NC(=O)c2ccc(Cn3ccnc3)cc2)cc1S(=O)(=O)N(C)C. The van der Waals surface area contributed by atoms with Crippen molar-refractivity contribution in [1.82, 2.24) is 13.9 Å². The first-order valence-electron chi connectivity index (χ1n) is 8.66. The van der Waals surface area contributed by atoms with Gasteiger partial charge in [0.05, 0.1) is 11.2 Å². The van der Waals surface area contributed by atoms with E-state index in [2.05, 4.69) is 10.3 Å². The van der Waals surface area contributed by atoms with Crippen LogP contribution in [-0.4, -0.2) is 42.3 Å². The molecule has 0 saturated heterocycles. The van der Waals surface area contributed by atoms with Gasteiger partial charge in [0.25, 0.3) is 5.91 Å². The van der Waals surface area contributed by atoms with Crippen molar-refractivity contribution in [3.8, 4) is 0 Å². The summed E-state index contributed by atoms with van der Waals surface area (Å²) >= 11 is 0. The highest BCUT2D eigenvalue weighted by Crippen LogP contribution is 2.23. The zero-order valence-electron chi connectivity index (χ0n) is 16.0. The monoisotopic (exact) mass is 398 g/mol. The molecular formula is C20H22N4O3S. The first-order chi connectivity index (χ1) is 13.3. The first kappa shape index (κ1) is 19.8. The molecule has 28 heavy (non-hydrogen) atoms. The largest absolute Gasteiger partial charge is 0.333 e. The summed E-state index contributed by atoms with van der Waals surface area (Å²) in [5, 5.41) is 2.76. The van der Waals surface area contributed by atoms with Gasteiger partial charge in [0.15, 0.2) is 0 Å². The molecule has 1 heterocycles. The van der Waals surface area contributed by atoms with Gasteiger partial charge in [0, 0.05) is 44.3 Å². The minimum atomic E-state index is -3.59. The first-order valence-corrected chi connectivity index (χ1v) is 10.1. The van der Waals surface area contributed by atoms with Gasteiger partial charge in [-0.05, 0) is 42.3 Å². The molecule has 1 N–H and O–H groups in total. The molecule has 0 aliphatic heterocycles. The molecule has 146 valence electrons. The third kappa shape index (κ3) is 4.29. The average Bonchev–Trinajstić information content (AvgIpc) is 3.16. The maximum atomic E-state index is 12.5. The van der Waals surface area contributed by atoms with Gasteiger partial charge in [-0.25, -0.2) is 17.7 Å². The fraction of sp³-hybridized carbons (Fsp3) is 0.200. The number of amides is 1. The molecular weight excluding hydrogens is 376 g/mol. The highest BCUT2D eigenvalue weighted by molar-refractivity contribution is 7.89. The van der Waals surface area contributed by atoms with Gasteiger partial charge in [0.1, 0.15) is 0 Å². The van der Waals surface area contributed by atoms with Crippen LogP contribution in [0.4, 0.5) is 5.69 Å². The van der Waals surface area contributed by atoms with Crippen LogP contribution in [0.5, 0.6) is 0 Å². The average molecular weight is 398 g/mol. The Balaban J connectivity index is 1.76. The second kappa shape index (κ2) is 7.95. The molecule has 7 nitrogen and oxygen atoms in total. The molecule has 0 atom stereocenters. The van der Waals surface area contributed by atoms with Crippen molar-refractivity contribution in [3.05, 3.63) is 77.9 Å². The van der Waals surface area contributed by atoms with E-state index in [4.69, 9.17) is 0 Å². The normalized spacial score (nSPS) is 11.6. The molecule has 0 radical (unpaired) electrons. The molecule has 1 aromatic heterocycles. The Morgan fingerprint density at radius 1 is 1.14 bits per heavy atom. The molecule has 0 spiro atoms. The lowest BCUT2D eigenvalue weighted by atomic mass is 10.1. The Morgan fingerprint density at radius 2 is 1.86 bits per heavy atom. The van der Waals surface area contributed by atoms with E-state index in [1.54, 1.807) is 43.7 Å². The standard InChI is InChI=1S/C20H22N4O3S/c1-15-4-9-18(12-19(15)28(26,27)23(2)3)22-20(25)17-7-5-16(6-8-17)13-24-11-10-21-14-24/h4-12,14H,13H2,1-3H3,(H,22,25). The van der Waals surface area contributed by atoms with Crippen LogP contribution in [0.2, 0.25) is 0 Å². The molecule has 1 amide bonds. The molecule has 3 rings (SSSR count). The Hall–Kier alpha value is -2.97. The van der Waals surface area contributed by atoms with Crippen molar-refractivity contribution in [2.45, 2.75) is 18.4 Å². The van der Waals surface area contributed by atoms with Crippen LogP contribution in [0, 0.1) is 6.92 Å². The summed E-state index contributed by atoms with van der Waals surface area (Å²) in [4.78, 5) is 16.7. The molecule has 0 saturated carbocycles. The maximum absolute atomic E-state index is 12.5. The highest BCUT2D eigenvalue weighted by Gasteiger charge is 2.20. The number of hydrogen-bond donors (Lipinski definition) is 1. The quantitative estimate of drug-likeness (QED) is 0.692. The number of hydrogen-bond acceptors (Lipinski definition) is 4. The second-order valence-electron chi connectivity index (χ2n) is 6.65. The molecule has 0 bridgehead atoms. The van der Waals surface area contributed by atoms with Crippen LogP contribution in [0.3, 0.4) is 0 Å². The highest BCUT2D eigenvalue weighted by atomic mass is 32.2. The van der Waals surface area contributed by atoms with E-state index in [0.29, 0.717) is 23.4 Å². The second-order valence-corrected chi connectivity index (χ2v) is 8.77. The van der Waals surface area contributed by atoms with Crippen LogP contribution in [0.15, 0.2) is 66.1 Å². The number of benzene rings is 2. The van der Waals surface area contributed by atoms with Crippen molar-refractivity contribution in [3.63, 3.8) is 0 Å². The summed E-state index contributed by atoms with van der Waals surface area (Å²) in [6.07, 6.45) is 5.32. The Labute approximate surface area is 164 Å². The fourth-order valence-electron chi connectivity index (χ4n) is 2.71. The number of aryl methyl sites for hydroxylation is 1. The van der Waals surface area contributed by atoms with E-state index in [-0.39, 0.29) is 10.8 Å². The molecule has 0 aliphatic rings. The minimum Gasteiger partial charge on any atom is -0.333 e. The van der Waals surface area contributed by atoms with Crippen LogP contribution in [-0.2, 0) is 16.6 Å². The topological polar surface area (TPSA) is 84.3 Å². The van der Waals surface area contributed by atoms with Gasteiger partial charge in [-0.1, -0.05) is 18.2 Å². The van der Waals surface area contributed by atoms with Crippen molar-refractivity contribution >= 4 is 21.6 Å². The van der Waals surface area contributed by atoms with Crippen molar-refractivity contribution in [2.24, 2.45) is 0 Å². The smallest absolute Gasteiger partial charge is 0.255 e. The number of rotatable bonds is 6. The van der Waals surface area contributed by atoms with Crippen LogP contribution in [0.25, 0.3) is 0 Å². The molecule has 3 aromatic rings. The van der Waals surface area contributed by atoms with Gasteiger partial charge in [-0.3, -0.25) is 4.79 Å². The summed E-state index contributed by atoms with van der Waals surface area (Å²) in [5.41, 5.74) is 2.59. The zero-order valence-corrected chi connectivity index (χ0v) is 16.8. The van der Waals surface area contributed by atoms with Crippen molar-refractivity contribution in [1.29, 1.82) is 0 Å². The summed E-state index contributed by atoms with van der Waals surface area (Å²) in [6, 6.07) is 12.1. The number of carbonyl (C=O) groups excluding carboxylic acids is 1. The number of sulfonamides is 1. The predicted molar refractivity (Wildman–Crippen MR) is 108 cm³/mol. The van der Waals surface area contributed by atoms with E-state index in [1.165, 1.54) is 20.2 Å². The summed E-state index contributed by atoms with van der Waals surface area (Å²) in [6.45, 7) is 2.40. The minimum absolute atomic E-state index is 0.172. The number of imidazole rings is 1. The lowest BCUT2D eigenvalue weighted by Gasteiger charge is -2.15. The number of aromatic nitrogens is 2. The fourth-order valence-corrected chi connectivity index (χ4v) is 3.85. The maximum Gasteiger partial charge on any atom is 0.255 e. The Morgan fingerprint density at radius 3 is 2.46 bits per heavy atom. The van der Waals surface area contributed by atoms with Gasteiger partial charge >= 0.3 is 0 Å². The summed E-state index contributed by atoms with van der Waals surface area (Å²) < 4.78 is 28.0. The van der Waals surface area contributed by atoms with Crippen LogP contribution < -0.4 is 5.32 Å². The van der Waals surface area contributed by atoms with Gasteiger partial charge in [-0.15, -0.1) is 0 Å². The van der Waals surface area contributed by atoms with E-state index in [1.807, 2.05) is 22.9 Å². The predicted octanol–water partition coefficient (Wildman–Crippen LogP) is 2.74. The molecule has 0 fully saturated rings. The Kier molecular flexibility index (Phi) is 5.62. The molecule has 8 heteroatoms. The van der Waals surface area contributed by atoms with Crippen molar-refractivity contribution in [2.75, 3.05) is 19.4 Å². The van der Waals surface area contributed by atoms with Crippen LogP contribution in [0.1, 0.15) is 21.5 Å². The summed E-state index contributed by atoms with van der Waals surface area (Å²) in [5.74, 6) is -0.300. The third-order valence-corrected chi connectivity index (χ3v) is 6.30.